The number of benzene rings is 2. The van der Waals surface area contributed by atoms with Crippen LogP contribution in [0.2, 0.25) is 5.02 Å². The van der Waals surface area contributed by atoms with Crippen molar-refractivity contribution in [1.29, 1.82) is 0 Å². The Hall–Kier alpha value is -2.57. The van der Waals surface area contributed by atoms with Gasteiger partial charge >= 0.3 is 0 Å². The van der Waals surface area contributed by atoms with Gasteiger partial charge in [0.15, 0.2) is 0 Å². The molecule has 0 aromatic heterocycles. The van der Waals surface area contributed by atoms with Gasteiger partial charge in [0.2, 0.25) is 11.8 Å². The first-order chi connectivity index (χ1) is 12.9. The maximum atomic E-state index is 12.0. The van der Waals surface area contributed by atoms with Crippen LogP contribution in [-0.4, -0.2) is 50.0 Å². The number of amides is 2. The van der Waals surface area contributed by atoms with E-state index in [9.17, 15) is 9.59 Å². The number of anilines is 1. The number of halogens is 1. The molecule has 2 amide bonds. The van der Waals surface area contributed by atoms with Crippen molar-refractivity contribution in [2.75, 3.05) is 38.6 Å². The molecule has 0 radical (unpaired) electrons. The van der Waals surface area contributed by atoms with Crippen LogP contribution in [0, 0.1) is 6.92 Å². The van der Waals surface area contributed by atoms with Crippen LogP contribution in [0.3, 0.4) is 0 Å². The molecule has 0 unspecified atom stereocenters. The largest absolute Gasteiger partial charge is 0.492 e. The van der Waals surface area contributed by atoms with Gasteiger partial charge in [0.25, 0.3) is 0 Å². The summed E-state index contributed by atoms with van der Waals surface area (Å²) in [5, 5.41) is 6.21. The van der Waals surface area contributed by atoms with Crippen LogP contribution in [0.1, 0.15) is 5.56 Å². The second-order valence-corrected chi connectivity index (χ2v) is 6.68. The fourth-order valence-corrected chi connectivity index (χ4v) is 2.46. The van der Waals surface area contributed by atoms with Gasteiger partial charge in [0, 0.05) is 10.7 Å². The molecular formula is C20H24ClN3O3. The highest BCUT2D eigenvalue weighted by atomic mass is 35.5. The van der Waals surface area contributed by atoms with E-state index in [0.717, 1.165) is 11.3 Å². The number of ether oxygens (including phenoxy) is 1. The van der Waals surface area contributed by atoms with Gasteiger partial charge < -0.3 is 15.4 Å². The highest BCUT2D eigenvalue weighted by Crippen LogP contribution is 2.15. The number of carbonyl (C=O) groups excluding carboxylic acids is 2. The van der Waals surface area contributed by atoms with E-state index in [-0.39, 0.29) is 24.9 Å². The Morgan fingerprint density at radius 1 is 1.00 bits per heavy atom. The molecule has 0 aliphatic heterocycles. The van der Waals surface area contributed by atoms with Crippen molar-refractivity contribution in [3.63, 3.8) is 0 Å². The highest BCUT2D eigenvalue weighted by molar-refractivity contribution is 6.30. The number of aryl methyl sites for hydroxylation is 1. The predicted molar refractivity (Wildman–Crippen MR) is 107 cm³/mol. The maximum absolute atomic E-state index is 12.0. The van der Waals surface area contributed by atoms with Crippen molar-refractivity contribution >= 4 is 29.1 Å². The van der Waals surface area contributed by atoms with Crippen molar-refractivity contribution < 1.29 is 14.3 Å². The Balaban J connectivity index is 1.62. The first-order valence-electron chi connectivity index (χ1n) is 8.62. The average molecular weight is 390 g/mol. The van der Waals surface area contributed by atoms with Gasteiger partial charge in [-0.25, -0.2) is 0 Å². The summed E-state index contributed by atoms with van der Waals surface area (Å²) in [7, 11) is 1.72. The molecule has 7 heteroatoms. The summed E-state index contributed by atoms with van der Waals surface area (Å²) in [5.74, 6) is 0.360. The Morgan fingerprint density at radius 2 is 1.63 bits per heavy atom. The van der Waals surface area contributed by atoms with E-state index in [1.807, 2.05) is 31.2 Å². The number of carbonyl (C=O) groups is 2. The number of nitrogens with zero attached hydrogens (tertiary/aromatic N) is 1. The molecule has 0 spiro atoms. The van der Waals surface area contributed by atoms with Crippen molar-refractivity contribution in [2.24, 2.45) is 0 Å². The fraction of sp³-hybridized carbons (Fsp3) is 0.300. The second kappa shape index (κ2) is 10.5. The standard InChI is InChI=1S/C20H24ClN3O3/c1-15-3-7-17(8-4-15)23-20(26)14-24(2)13-19(25)22-11-12-27-18-9-5-16(21)6-10-18/h3-10H,11-14H2,1-2H3,(H,22,25)(H,23,26). The van der Waals surface area contributed by atoms with Crippen molar-refractivity contribution in [3.8, 4) is 5.75 Å². The Bertz CT molecular complexity index is 748. The third kappa shape index (κ3) is 8.11. The number of likely N-dealkylation sites (N-methyl/N-ethyl adjacent to an activating group) is 1. The Morgan fingerprint density at radius 3 is 2.30 bits per heavy atom. The van der Waals surface area contributed by atoms with Gasteiger partial charge in [-0.05, 0) is 50.4 Å². The van der Waals surface area contributed by atoms with E-state index < -0.39 is 0 Å². The summed E-state index contributed by atoms with van der Waals surface area (Å²) in [5.41, 5.74) is 1.87. The normalized spacial score (nSPS) is 10.5. The van der Waals surface area contributed by atoms with Crippen LogP contribution in [0.5, 0.6) is 5.75 Å². The number of hydrogen-bond donors (Lipinski definition) is 2. The monoisotopic (exact) mass is 389 g/mol. The number of nitrogens with one attached hydrogen (secondary N) is 2. The van der Waals surface area contributed by atoms with E-state index in [4.69, 9.17) is 16.3 Å². The first kappa shape index (κ1) is 20.7. The minimum atomic E-state index is -0.166. The van der Waals surface area contributed by atoms with Gasteiger partial charge in [-0.2, -0.15) is 0 Å². The van der Waals surface area contributed by atoms with Crippen LogP contribution in [0.25, 0.3) is 0 Å². The first-order valence-corrected chi connectivity index (χ1v) is 9.00. The molecule has 0 saturated carbocycles. The molecule has 0 atom stereocenters. The van der Waals surface area contributed by atoms with Crippen molar-refractivity contribution in [1.82, 2.24) is 10.2 Å². The summed E-state index contributed by atoms with van der Waals surface area (Å²) in [6.45, 7) is 2.97. The van der Waals surface area contributed by atoms with Crippen molar-refractivity contribution in [3.05, 3.63) is 59.1 Å². The van der Waals surface area contributed by atoms with Gasteiger partial charge in [-0.15, -0.1) is 0 Å². The Kier molecular flexibility index (Phi) is 8.10. The van der Waals surface area contributed by atoms with Crippen LogP contribution in [0.15, 0.2) is 48.5 Å². The molecule has 2 aromatic carbocycles. The van der Waals surface area contributed by atoms with Gasteiger partial charge in [0.05, 0.1) is 19.6 Å². The SMILES string of the molecule is Cc1ccc(NC(=O)CN(C)CC(=O)NCCOc2ccc(Cl)cc2)cc1. The van der Waals surface area contributed by atoms with E-state index in [1.165, 1.54) is 0 Å². The summed E-state index contributed by atoms with van der Waals surface area (Å²) < 4.78 is 5.50. The molecule has 2 rings (SSSR count). The predicted octanol–water partition coefficient (Wildman–Crippen LogP) is 2.71. The molecule has 0 heterocycles. The summed E-state index contributed by atoms with van der Waals surface area (Å²) in [4.78, 5) is 25.6. The lowest BCUT2D eigenvalue weighted by molar-refractivity contribution is -0.123. The molecule has 2 aromatic rings. The van der Waals surface area contributed by atoms with Crippen LogP contribution in [0.4, 0.5) is 5.69 Å². The van der Waals surface area contributed by atoms with Crippen LogP contribution in [-0.2, 0) is 9.59 Å². The molecule has 0 aliphatic carbocycles. The smallest absolute Gasteiger partial charge is 0.238 e. The molecule has 0 saturated heterocycles. The summed E-state index contributed by atoms with van der Waals surface area (Å²) in [6.07, 6.45) is 0. The lowest BCUT2D eigenvalue weighted by Gasteiger charge is -2.16. The van der Waals surface area contributed by atoms with Gasteiger partial charge in [-0.3, -0.25) is 14.5 Å². The number of hydrogen-bond acceptors (Lipinski definition) is 4. The van der Waals surface area contributed by atoms with Crippen LogP contribution < -0.4 is 15.4 Å². The third-order valence-corrected chi connectivity index (χ3v) is 3.92. The summed E-state index contributed by atoms with van der Waals surface area (Å²) >= 11 is 5.80. The molecular weight excluding hydrogens is 366 g/mol. The molecule has 2 N–H and O–H groups in total. The molecule has 6 nitrogen and oxygen atoms in total. The minimum Gasteiger partial charge on any atom is -0.492 e. The lowest BCUT2D eigenvalue weighted by Crippen LogP contribution is -2.40. The van der Waals surface area contributed by atoms with Gasteiger partial charge in [0.1, 0.15) is 12.4 Å². The van der Waals surface area contributed by atoms with Crippen LogP contribution >= 0.6 is 11.6 Å². The third-order valence-electron chi connectivity index (χ3n) is 3.67. The molecule has 0 aliphatic rings. The van der Waals surface area contributed by atoms with E-state index >= 15 is 0 Å². The summed E-state index contributed by atoms with van der Waals surface area (Å²) in [6, 6.07) is 14.6. The van der Waals surface area contributed by atoms with E-state index in [0.29, 0.717) is 23.9 Å². The average Bonchev–Trinajstić information content (AvgIpc) is 2.62. The minimum absolute atomic E-state index is 0.127. The quantitative estimate of drug-likeness (QED) is 0.647. The highest BCUT2D eigenvalue weighted by Gasteiger charge is 2.10. The topological polar surface area (TPSA) is 70.7 Å². The Labute approximate surface area is 164 Å². The lowest BCUT2D eigenvalue weighted by atomic mass is 10.2. The zero-order valence-electron chi connectivity index (χ0n) is 15.5. The number of rotatable bonds is 9. The van der Waals surface area contributed by atoms with Gasteiger partial charge in [-0.1, -0.05) is 29.3 Å². The molecule has 0 fully saturated rings. The van der Waals surface area contributed by atoms with E-state index in [2.05, 4.69) is 10.6 Å². The molecule has 27 heavy (non-hydrogen) atoms. The maximum Gasteiger partial charge on any atom is 0.238 e. The zero-order chi connectivity index (χ0) is 19.6. The second-order valence-electron chi connectivity index (χ2n) is 6.24. The van der Waals surface area contributed by atoms with Crippen molar-refractivity contribution in [2.45, 2.75) is 6.92 Å². The fourth-order valence-electron chi connectivity index (χ4n) is 2.33. The molecule has 144 valence electrons. The molecule has 0 bridgehead atoms. The van der Waals surface area contributed by atoms with E-state index in [1.54, 1.807) is 36.2 Å². The zero-order valence-corrected chi connectivity index (χ0v) is 16.3.